The minimum atomic E-state index is -1.14. The molecule has 0 spiro atoms. The molecule has 1 aromatic carbocycles. The fourth-order valence-electron chi connectivity index (χ4n) is 1.63. The summed E-state index contributed by atoms with van der Waals surface area (Å²) >= 11 is 0. The molecule has 0 bridgehead atoms. The van der Waals surface area contributed by atoms with Crippen LogP contribution in [0.25, 0.3) is 0 Å². The van der Waals surface area contributed by atoms with Gasteiger partial charge in [0.1, 0.15) is 17.2 Å². The first-order chi connectivity index (χ1) is 8.66. The lowest BCUT2D eigenvalue weighted by atomic mass is 10.2. The third kappa shape index (κ3) is 3.11. The van der Waals surface area contributed by atoms with E-state index in [-0.39, 0.29) is 1.43 Å². The van der Waals surface area contributed by atoms with Crippen LogP contribution in [0.3, 0.4) is 0 Å². The van der Waals surface area contributed by atoms with Crippen LogP contribution in [-0.2, 0) is 0 Å². The Bertz CT molecular complexity index is 538. The zero-order chi connectivity index (χ0) is 13.0. The molecule has 0 saturated heterocycles. The number of aryl methyl sites for hydroxylation is 1. The zero-order valence-corrected chi connectivity index (χ0v) is 12.0. The number of para-hydroxylation sites is 1. The molecule has 0 amide bonds. The first-order valence-electron chi connectivity index (χ1n) is 6.00. The largest absolute Gasteiger partial charge is 1.00 e. The van der Waals surface area contributed by atoms with E-state index in [0.29, 0.717) is 0 Å². The molecule has 0 radical (unpaired) electrons. The Labute approximate surface area is 110 Å². The SMILES string of the molecule is Cc1cccc(N=Cc2ccco2)c1O[SiH](C)C.[H+]. The maximum absolute atomic E-state index is 5.94. The topological polar surface area (TPSA) is 34.7 Å². The van der Waals surface area contributed by atoms with Crippen LogP contribution in [0.5, 0.6) is 5.75 Å². The number of furan rings is 1. The number of hydrogen-bond donors (Lipinski definition) is 0. The van der Waals surface area contributed by atoms with E-state index in [1.54, 1.807) is 12.5 Å². The van der Waals surface area contributed by atoms with E-state index < -0.39 is 9.04 Å². The molecule has 0 atom stereocenters. The summed E-state index contributed by atoms with van der Waals surface area (Å²) in [6.07, 6.45) is 3.35. The fraction of sp³-hybridized carbons (Fsp3) is 0.214. The summed E-state index contributed by atoms with van der Waals surface area (Å²) < 4.78 is 11.2. The molecule has 3 nitrogen and oxygen atoms in total. The highest BCUT2D eigenvalue weighted by Crippen LogP contribution is 2.31. The van der Waals surface area contributed by atoms with E-state index in [4.69, 9.17) is 8.84 Å². The number of hydrogen-bond acceptors (Lipinski definition) is 3. The Morgan fingerprint density at radius 1 is 1.28 bits per heavy atom. The van der Waals surface area contributed by atoms with Gasteiger partial charge in [0.25, 0.3) is 0 Å². The molecular formula is C14H18NO2Si+. The minimum absolute atomic E-state index is 0. The van der Waals surface area contributed by atoms with Gasteiger partial charge in [-0.1, -0.05) is 12.1 Å². The van der Waals surface area contributed by atoms with Crippen molar-refractivity contribution >= 4 is 20.9 Å². The van der Waals surface area contributed by atoms with E-state index in [1.807, 2.05) is 37.3 Å². The lowest BCUT2D eigenvalue weighted by Crippen LogP contribution is -2.12. The standard InChI is InChI=1S/C14H17NO2Si/c1-11-6-4-8-13(14(11)17-18(2)3)15-10-12-7-5-9-16-12/h4-10,18H,1-3H3/p+1. The Hall–Kier alpha value is -1.81. The molecule has 18 heavy (non-hydrogen) atoms. The summed E-state index contributed by atoms with van der Waals surface area (Å²) in [5.41, 5.74) is 1.97. The summed E-state index contributed by atoms with van der Waals surface area (Å²) in [5.74, 6) is 1.63. The van der Waals surface area contributed by atoms with Crippen LogP contribution in [0, 0.1) is 6.92 Å². The van der Waals surface area contributed by atoms with E-state index in [2.05, 4.69) is 18.1 Å². The third-order valence-electron chi connectivity index (χ3n) is 2.42. The highest BCUT2D eigenvalue weighted by molar-refractivity contribution is 6.49. The molecule has 0 aliphatic rings. The average Bonchev–Trinajstić information content (AvgIpc) is 2.82. The van der Waals surface area contributed by atoms with Gasteiger partial charge in [-0.15, -0.1) is 0 Å². The van der Waals surface area contributed by atoms with Crippen molar-refractivity contribution < 1.29 is 10.3 Å². The number of aliphatic imine (C=N–C) groups is 1. The number of rotatable bonds is 4. The van der Waals surface area contributed by atoms with Crippen LogP contribution in [0.15, 0.2) is 46.0 Å². The van der Waals surface area contributed by atoms with Crippen molar-refractivity contribution in [2.75, 3.05) is 0 Å². The van der Waals surface area contributed by atoms with Crippen LogP contribution in [0.2, 0.25) is 13.1 Å². The molecule has 2 rings (SSSR count). The predicted molar refractivity (Wildman–Crippen MR) is 77.8 cm³/mol. The molecule has 94 valence electrons. The Kier molecular flexibility index (Phi) is 3.99. The predicted octanol–water partition coefficient (Wildman–Crippen LogP) is 3.81. The van der Waals surface area contributed by atoms with Gasteiger partial charge in [0.05, 0.1) is 12.5 Å². The lowest BCUT2D eigenvalue weighted by molar-refractivity contribution is 0.560. The van der Waals surface area contributed by atoms with E-state index >= 15 is 0 Å². The van der Waals surface area contributed by atoms with Gasteiger partial charge < -0.3 is 8.84 Å². The molecule has 0 fully saturated rings. The smallest absolute Gasteiger partial charge is 0.545 e. The summed E-state index contributed by atoms with van der Waals surface area (Å²) in [7, 11) is -1.14. The van der Waals surface area contributed by atoms with Crippen molar-refractivity contribution in [2.24, 2.45) is 4.99 Å². The quantitative estimate of drug-likeness (QED) is 0.619. The van der Waals surface area contributed by atoms with E-state index in [9.17, 15) is 0 Å². The van der Waals surface area contributed by atoms with Gasteiger partial charge >= 0.3 is 1.43 Å². The molecule has 0 saturated carbocycles. The van der Waals surface area contributed by atoms with Crippen molar-refractivity contribution in [1.29, 1.82) is 0 Å². The van der Waals surface area contributed by atoms with Crippen molar-refractivity contribution in [1.82, 2.24) is 0 Å². The Morgan fingerprint density at radius 2 is 2.11 bits per heavy atom. The second-order valence-corrected chi connectivity index (χ2v) is 6.70. The highest BCUT2D eigenvalue weighted by atomic mass is 28.3. The van der Waals surface area contributed by atoms with Gasteiger partial charge in [0.2, 0.25) is 9.04 Å². The maximum atomic E-state index is 5.94. The second-order valence-electron chi connectivity index (χ2n) is 4.36. The average molecular weight is 260 g/mol. The molecular weight excluding hydrogens is 242 g/mol. The summed E-state index contributed by atoms with van der Waals surface area (Å²) in [5, 5.41) is 0. The van der Waals surface area contributed by atoms with Gasteiger partial charge in [-0.2, -0.15) is 0 Å². The maximum Gasteiger partial charge on any atom is 1.00 e. The van der Waals surface area contributed by atoms with Crippen LogP contribution in [0.4, 0.5) is 5.69 Å². The molecule has 2 aromatic rings. The Morgan fingerprint density at radius 3 is 2.78 bits per heavy atom. The molecule has 1 heterocycles. The van der Waals surface area contributed by atoms with Crippen molar-refractivity contribution in [2.45, 2.75) is 20.0 Å². The van der Waals surface area contributed by atoms with Gasteiger partial charge in [-0.05, 0) is 43.8 Å². The highest BCUT2D eigenvalue weighted by Gasteiger charge is 2.08. The summed E-state index contributed by atoms with van der Waals surface area (Å²) in [6.45, 7) is 6.33. The minimum Gasteiger partial charge on any atom is -0.545 e. The molecule has 0 aliphatic carbocycles. The number of benzene rings is 1. The van der Waals surface area contributed by atoms with Gasteiger partial charge in [-0.3, -0.25) is 0 Å². The van der Waals surface area contributed by atoms with Crippen LogP contribution in [0.1, 0.15) is 12.8 Å². The Balaban J connectivity index is 0.00000180. The second kappa shape index (κ2) is 5.69. The molecule has 4 heteroatoms. The van der Waals surface area contributed by atoms with Gasteiger partial charge in [0.15, 0.2) is 0 Å². The molecule has 0 aliphatic heterocycles. The van der Waals surface area contributed by atoms with Crippen molar-refractivity contribution in [3.8, 4) is 5.75 Å². The van der Waals surface area contributed by atoms with Crippen molar-refractivity contribution in [3.05, 3.63) is 47.9 Å². The first kappa shape index (κ1) is 12.6. The van der Waals surface area contributed by atoms with Crippen LogP contribution >= 0.6 is 0 Å². The third-order valence-corrected chi connectivity index (χ3v) is 3.13. The zero-order valence-electron chi connectivity index (χ0n) is 11.9. The van der Waals surface area contributed by atoms with Crippen LogP contribution < -0.4 is 4.43 Å². The van der Waals surface area contributed by atoms with Crippen molar-refractivity contribution in [3.63, 3.8) is 0 Å². The lowest BCUT2D eigenvalue weighted by Gasteiger charge is -2.14. The van der Waals surface area contributed by atoms with E-state index in [0.717, 1.165) is 22.8 Å². The summed E-state index contributed by atoms with van der Waals surface area (Å²) in [6, 6.07) is 9.70. The molecule has 0 N–H and O–H groups in total. The number of nitrogens with zero attached hydrogens (tertiary/aromatic N) is 1. The first-order valence-corrected chi connectivity index (χ1v) is 8.78. The van der Waals surface area contributed by atoms with Gasteiger partial charge in [-0.25, -0.2) is 4.99 Å². The van der Waals surface area contributed by atoms with Gasteiger partial charge in [0, 0.05) is 0 Å². The normalized spacial score (nSPS) is 11.3. The van der Waals surface area contributed by atoms with Crippen LogP contribution in [-0.4, -0.2) is 15.3 Å². The molecule has 0 unspecified atom stereocenters. The summed E-state index contributed by atoms with van der Waals surface area (Å²) in [4.78, 5) is 4.44. The molecule has 1 aromatic heterocycles. The monoisotopic (exact) mass is 260 g/mol. The van der Waals surface area contributed by atoms with E-state index in [1.165, 1.54) is 0 Å². The fourth-order valence-corrected chi connectivity index (χ4v) is 2.40.